The Kier molecular flexibility index (Phi) is 4.43. The number of hydrogen-bond donors (Lipinski definition) is 0. The van der Waals surface area contributed by atoms with E-state index in [2.05, 4.69) is 83.1 Å². The normalized spacial score (nSPS) is 29.0. The summed E-state index contributed by atoms with van der Waals surface area (Å²) in [5, 5.41) is 0. The van der Waals surface area contributed by atoms with Gasteiger partial charge in [0.1, 0.15) is 16.6 Å². The second kappa shape index (κ2) is 5.47. The first-order valence-electron chi connectivity index (χ1n) is 9.43. The van der Waals surface area contributed by atoms with Gasteiger partial charge >= 0.3 is 0 Å². The van der Waals surface area contributed by atoms with E-state index in [0.29, 0.717) is 0 Å². The molecule has 0 saturated carbocycles. The van der Waals surface area contributed by atoms with Crippen LogP contribution >= 0.6 is 0 Å². The molecule has 0 aliphatic carbocycles. The zero-order valence-electron chi connectivity index (χ0n) is 18.4. The molecule has 0 aromatic heterocycles. The lowest BCUT2D eigenvalue weighted by molar-refractivity contribution is 0.0399. The minimum Gasteiger partial charge on any atom is -0.472 e. The highest BCUT2D eigenvalue weighted by molar-refractivity contribution is 6.06. The van der Waals surface area contributed by atoms with Crippen molar-refractivity contribution in [3.05, 3.63) is 0 Å². The SMILES string of the molecule is CC(C)(C1=N[C@@H](C(C)(C)C)C(C)(C)O1)C1=N[C@@H](C(C)(C)C)C(C)(C)O1. The molecule has 0 saturated heterocycles. The van der Waals surface area contributed by atoms with Crippen molar-refractivity contribution in [2.24, 2.45) is 26.2 Å². The van der Waals surface area contributed by atoms with Gasteiger partial charge in [0, 0.05) is 0 Å². The molecular weight excluding hydrogens is 312 g/mol. The van der Waals surface area contributed by atoms with Crippen LogP contribution in [0.5, 0.6) is 0 Å². The molecule has 0 aromatic carbocycles. The molecule has 0 radical (unpaired) electrons. The third kappa shape index (κ3) is 3.59. The van der Waals surface area contributed by atoms with E-state index in [9.17, 15) is 0 Å². The Morgan fingerprint density at radius 2 is 0.920 bits per heavy atom. The smallest absolute Gasteiger partial charge is 0.199 e. The van der Waals surface area contributed by atoms with Gasteiger partial charge in [-0.05, 0) is 52.4 Å². The standard InChI is InChI=1S/C21H38N2O2/c1-17(2,3)13-20(9,10)24-15(22-13)19(7,8)16-23-14(18(4,5)6)21(11,12)25-16/h13-14H,1-12H3/t13-,14-/m0/s1. The van der Waals surface area contributed by atoms with Gasteiger partial charge in [-0.25, -0.2) is 9.98 Å². The van der Waals surface area contributed by atoms with Crippen molar-refractivity contribution in [3.63, 3.8) is 0 Å². The molecular formula is C21H38N2O2. The summed E-state index contributed by atoms with van der Waals surface area (Å²) in [7, 11) is 0. The number of rotatable bonds is 2. The summed E-state index contributed by atoms with van der Waals surface area (Å²) < 4.78 is 12.7. The number of hydrogen-bond acceptors (Lipinski definition) is 4. The maximum Gasteiger partial charge on any atom is 0.199 e. The molecule has 0 bridgehead atoms. The minimum absolute atomic E-state index is 0.0346. The van der Waals surface area contributed by atoms with E-state index < -0.39 is 5.41 Å². The van der Waals surface area contributed by atoms with Gasteiger partial charge in [-0.1, -0.05) is 41.5 Å². The van der Waals surface area contributed by atoms with E-state index in [-0.39, 0.29) is 34.1 Å². The summed E-state index contributed by atoms with van der Waals surface area (Å²) in [6.45, 7) is 26.0. The molecule has 0 amide bonds. The molecule has 2 aliphatic rings. The topological polar surface area (TPSA) is 43.2 Å². The van der Waals surface area contributed by atoms with Crippen LogP contribution in [0.3, 0.4) is 0 Å². The first-order chi connectivity index (χ1) is 10.9. The Morgan fingerprint density at radius 3 is 1.12 bits per heavy atom. The summed E-state index contributed by atoms with van der Waals surface area (Å²) >= 11 is 0. The highest BCUT2D eigenvalue weighted by atomic mass is 16.5. The number of aliphatic imine (C=N–C) groups is 2. The summed E-state index contributed by atoms with van der Waals surface area (Å²) in [4.78, 5) is 9.99. The Balaban J connectivity index is 2.40. The summed E-state index contributed by atoms with van der Waals surface area (Å²) in [5.41, 5.74) is -1.07. The Morgan fingerprint density at radius 1 is 0.640 bits per heavy atom. The van der Waals surface area contributed by atoms with E-state index in [1.807, 2.05) is 0 Å². The molecule has 4 nitrogen and oxygen atoms in total. The van der Waals surface area contributed by atoms with Gasteiger partial charge in [-0.15, -0.1) is 0 Å². The zero-order valence-corrected chi connectivity index (χ0v) is 18.4. The van der Waals surface area contributed by atoms with E-state index in [0.717, 1.165) is 11.8 Å². The van der Waals surface area contributed by atoms with Crippen LogP contribution in [-0.2, 0) is 9.47 Å². The second-order valence-corrected chi connectivity index (χ2v) is 11.4. The lowest BCUT2D eigenvalue weighted by Crippen LogP contribution is -2.44. The molecule has 0 N–H and O–H groups in total. The zero-order chi connectivity index (χ0) is 19.6. The highest BCUT2D eigenvalue weighted by Crippen LogP contribution is 2.45. The minimum atomic E-state index is -0.478. The highest BCUT2D eigenvalue weighted by Gasteiger charge is 2.54. The van der Waals surface area contributed by atoms with Crippen molar-refractivity contribution in [3.8, 4) is 0 Å². The van der Waals surface area contributed by atoms with Gasteiger partial charge in [-0.2, -0.15) is 0 Å². The summed E-state index contributed by atoms with van der Waals surface area (Å²) in [6.07, 6.45) is 0. The Hall–Kier alpha value is -1.06. The Bertz CT molecular complexity index is 546. The molecule has 144 valence electrons. The van der Waals surface area contributed by atoms with E-state index in [1.165, 1.54) is 0 Å². The van der Waals surface area contributed by atoms with Crippen LogP contribution < -0.4 is 0 Å². The van der Waals surface area contributed by atoms with Gasteiger partial charge < -0.3 is 9.47 Å². The monoisotopic (exact) mass is 350 g/mol. The van der Waals surface area contributed by atoms with Crippen molar-refractivity contribution in [2.75, 3.05) is 0 Å². The molecule has 0 fully saturated rings. The van der Waals surface area contributed by atoms with Gasteiger partial charge in [0.15, 0.2) is 11.8 Å². The van der Waals surface area contributed by atoms with Gasteiger partial charge in [0.2, 0.25) is 0 Å². The maximum atomic E-state index is 6.34. The van der Waals surface area contributed by atoms with Crippen molar-refractivity contribution in [1.82, 2.24) is 0 Å². The van der Waals surface area contributed by atoms with Crippen molar-refractivity contribution in [1.29, 1.82) is 0 Å². The van der Waals surface area contributed by atoms with Crippen molar-refractivity contribution in [2.45, 2.75) is 106 Å². The average Bonchev–Trinajstić information content (AvgIpc) is 2.84. The average molecular weight is 351 g/mol. The first-order valence-corrected chi connectivity index (χ1v) is 9.43. The maximum absolute atomic E-state index is 6.34. The molecule has 0 spiro atoms. The molecule has 0 aromatic rings. The summed E-state index contributed by atoms with van der Waals surface area (Å²) in [6, 6.07) is 0.199. The van der Waals surface area contributed by atoms with Crippen molar-refractivity contribution >= 4 is 11.8 Å². The number of ether oxygens (including phenoxy) is 2. The predicted octanol–water partition coefficient (Wildman–Crippen LogP) is 5.26. The van der Waals surface area contributed by atoms with Gasteiger partial charge in [0.25, 0.3) is 0 Å². The van der Waals surface area contributed by atoms with Crippen LogP contribution in [0.15, 0.2) is 9.98 Å². The fraction of sp³-hybridized carbons (Fsp3) is 0.905. The fourth-order valence-corrected chi connectivity index (χ4v) is 4.35. The van der Waals surface area contributed by atoms with Crippen LogP contribution in [0.25, 0.3) is 0 Å². The van der Waals surface area contributed by atoms with E-state index in [4.69, 9.17) is 19.5 Å². The first kappa shape index (κ1) is 20.3. The van der Waals surface area contributed by atoms with E-state index in [1.54, 1.807) is 0 Å². The van der Waals surface area contributed by atoms with Crippen LogP contribution in [0, 0.1) is 16.2 Å². The van der Waals surface area contributed by atoms with Crippen molar-refractivity contribution < 1.29 is 9.47 Å². The molecule has 0 unspecified atom stereocenters. The molecule has 4 heteroatoms. The molecule has 2 heterocycles. The lowest BCUT2D eigenvalue weighted by atomic mass is 9.78. The summed E-state index contributed by atoms with van der Waals surface area (Å²) in [5.74, 6) is 1.48. The Labute approximate surface area is 154 Å². The largest absolute Gasteiger partial charge is 0.472 e. The second-order valence-electron chi connectivity index (χ2n) is 11.4. The molecule has 25 heavy (non-hydrogen) atoms. The molecule has 2 atom stereocenters. The van der Waals surface area contributed by atoms with E-state index >= 15 is 0 Å². The third-order valence-electron chi connectivity index (χ3n) is 5.24. The quantitative estimate of drug-likeness (QED) is 0.682. The third-order valence-corrected chi connectivity index (χ3v) is 5.24. The van der Waals surface area contributed by atoms with Gasteiger partial charge in [-0.3, -0.25) is 0 Å². The lowest BCUT2D eigenvalue weighted by Gasteiger charge is -2.35. The predicted molar refractivity (Wildman–Crippen MR) is 105 cm³/mol. The van der Waals surface area contributed by atoms with Crippen LogP contribution in [0.4, 0.5) is 0 Å². The molecule has 2 aliphatic heterocycles. The number of nitrogens with zero attached hydrogens (tertiary/aromatic N) is 2. The molecule has 2 rings (SSSR count). The van der Waals surface area contributed by atoms with Gasteiger partial charge in [0.05, 0.1) is 12.1 Å². The fourth-order valence-electron chi connectivity index (χ4n) is 4.35. The van der Waals surface area contributed by atoms with Crippen LogP contribution in [0.2, 0.25) is 0 Å². The van der Waals surface area contributed by atoms with Crippen LogP contribution in [0.1, 0.15) is 83.1 Å². The van der Waals surface area contributed by atoms with Crippen LogP contribution in [-0.4, -0.2) is 35.1 Å².